The number of phenolic OH excluding ortho intramolecular Hbond substituents is 1. The number of amides is 1. The fourth-order valence-corrected chi connectivity index (χ4v) is 10.7. The third kappa shape index (κ3) is 4.80. The molecule has 2 bridgehead atoms. The Morgan fingerprint density at radius 1 is 1.13 bits per heavy atom. The van der Waals surface area contributed by atoms with Crippen LogP contribution in [0.2, 0.25) is 0 Å². The monoisotopic (exact) mass is 704 g/mol. The van der Waals surface area contributed by atoms with Crippen LogP contribution in [-0.4, -0.2) is 75.5 Å². The van der Waals surface area contributed by atoms with Gasteiger partial charge in [-0.1, -0.05) is 19.1 Å². The Morgan fingerprint density at radius 2 is 1.92 bits per heavy atom. The second kappa shape index (κ2) is 12.1. The number of nitrogens with one attached hydrogen (secondary N) is 2. The second-order valence-electron chi connectivity index (χ2n) is 16.0. The summed E-state index contributed by atoms with van der Waals surface area (Å²) in [7, 11) is 2.19. The fourth-order valence-electron chi connectivity index (χ4n) is 10.7. The Morgan fingerprint density at radius 3 is 2.69 bits per heavy atom. The lowest BCUT2D eigenvalue weighted by molar-refractivity contribution is -0.0454. The van der Waals surface area contributed by atoms with Crippen LogP contribution < -0.4 is 15.6 Å². The van der Waals surface area contributed by atoms with E-state index in [-0.39, 0.29) is 41.6 Å². The van der Waals surface area contributed by atoms with Crippen LogP contribution in [-0.2, 0) is 23.1 Å². The summed E-state index contributed by atoms with van der Waals surface area (Å²) in [5.74, 6) is 0.712. The molecule has 1 unspecified atom stereocenters. The van der Waals surface area contributed by atoms with Crippen LogP contribution in [0.5, 0.6) is 11.5 Å². The van der Waals surface area contributed by atoms with Crippen molar-refractivity contribution in [2.24, 2.45) is 5.92 Å². The summed E-state index contributed by atoms with van der Waals surface area (Å²) in [6.07, 6.45) is 8.64. The van der Waals surface area contributed by atoms with Gasteiger partial charge in [0.05, 0.1) is 0 Å². The molecule has 272 valence electrons. The Kier molecular flexibility index (Phi) is 7.77. The number of rotatable bonds is 6. The number of aryl methyl sites for hydroxylation is 2. The topological polar surface area (TPSA) is 129 Å². The Bertz CT molecular complexity index is 2230. The lowest BCUT2D eigenvalue weighted by atomic mass is 9.52. The van der Waals surface area contributed by atoms with E-state index in [1.165, 1.54) is 11.1 Å². The highest BCUT2D eigenvalue weighted by atomic mass is 16.5. The van der Waals surface area contributed by atoms with Crippen molar-refractivity contribution in [1.29, 1.82) is 0 Å². The minimum atomic E-state index is -0.751. The molecule has 9 rings (SSSR count). The van der Waals surface area contributed by atoms with Gasteiger partial charge >= 0.3 is 0 Å². The summed E-state index contributed by atoms with van der Waals surface area (Å²) in [4.78, 5) is 32.3. The number of benzene rings is 1. The minimum absolute atomic E-state index is 0.101. The molecule has 6 heterocycles. The zero-order chi connectivity index (χ0) is 36.2. The van der Waals surface area contributed by atoms with Crippen molar-refractivity contribution in [3.63, 3.8) is 0 Å². The number of hydrogen-bond acceptors (Lipinski definition) is 7. The Balaban J connectivity index is 1.19. The highest BCUT2D eigenvalue weighted by molar-refractivity contribution is 5.97. The summed E-state index contributed by atoms with van der Waals surface area (Å²) in [6, 6.07) is 8.20. The zero-order valence-electron chi connectivity index (χ0n) is 30.6. The molecule has 10 nitrogen and oxygen atoms in total. The van der Waals surface area contributed by atoms with E-state index < -0.39 is 17.6 Å². The summed E-state index contributed by atoms with van der Waals surface area (Å²) < 4.78 is 14.5. The van der Waals surface area contributed by atoms with Gasteiger partial charge in [0.25, 0.3) is 11.5 Å². The first-order chi connectivity index (χ1) is 25.0. The number of piperidine rings is 1. The number of aromatic hydroxyl groups is 1. The van der Waals surface area contributed by atoms with Crippen LogP contribution in [0, 0.1) is 26.7 Å². The van der Waals surface area contributed by atoms with Gasteiger partial charge in [0, 0.05) is 82.8 Å². The fraction of sp³-hybridized carbons (Fsp3) is 0.476. The van der Waals surface area contributed by atoms with E-state index in [0.29, 0.717) is 22.8 Å². The molecule has 0 saturated carbocycles. The zero-order valence-corrected chi connectivity index (χ0v) is 30.6. The van der Waals surface area contributed by atoms with Crippen molar-refractivity contribution >= 4 is 11.4 Å². The van der Waals surface area contributed by atoms with Crippen molar-refractivity contribution < 1.29 is 24.5 Å². The molecule has 2 saturated heterocycles. The number of H-pyrrole nitrogens is 1. The van der Waals surface area contributed by atoms with Gasteiger partial charge < -0.3 is 39.3 Å². The number of likely N-dealkylation sites (N-methyl/N-ethyl adjacent to an activating group) is 1. The summed E-state index contributed by atoms with van der Waals surface area (Å²) in [5, 5.41) is 26.0. The van der Waals surface area contributed by atoms with E-state index in [2.05, 4.69) is 51.9 Å². The number of fused-ring (bicyclic) bond motifs is 1. The molecule has 4 aromatic rings. The predicted molar refractivity (Wildman–Crippen MR) is 198 cm³/mol. The second-order valence-corrected chi connectivity index (χ2v) is 16.0. The van der Waals surface area contributed by atoms with Gasteiger partial charge in [0.15, 0.2) is 11.5 Å². The molecule has 1 aromatic carbocycles. The molecular weight excluding hydrogens is 656 g/mol. The molecule has 2 fully saturated rings. The molecule has 4 N–H and O–H groups in total. The van der Waals surface area contributed by atoms with Crippen LogP contribution >= 0.6 is 0 Å². The van der Waals surface area contributed by atoms with Gasteiger partial charge in [0.1, 0.15) is 12.2 Å². The number of aromatic amines is 1. The van der Waals surface area contributed by atoms with Crippen LogP contribution in [0.3, 0.4) is 0 Å². The smallest absolute Gasteiger partial charge is 0.253 e. The average Bonchev–Trinajstić information content (AvgIpc) is 3.71. The number of carbonyl (C=O) groups is 1. The number of aliphatic hydroxyl groups excluding tert-OH is 1. The minimum Gasteiger partial charge on any atom is -0.504 e. The van der Waals surface area contributed by atoms with Crippen molar-refractivity contribution in [3.8, 4) is 11.5 Å². The summed E-state index contributed by atoms with van der Waals surface area (Å²) >= 11 is 0. The van der Waals surface area contributed by atoms with Crippen molar-refractivity contribution in [2.75, 3.05) is 26.8 Å². The van der Waals surface area contributed by atoms with Crippen molar-refractivity contribution in [3.05, 3.63) is 109 Å². The number of phenols is 1. The number of aromatic nitrogens is 2. The lowest BCUT2D eigenvalue weighted by Gasteiger charge is -2.56. The summed E-state index contributed by atoms with van der Waals surface area (Å²) in [5.41, 5.74) is 9.38. The van der Waals surface area contributed by atoms with Gasteiger partial charge in [-0.3, -0.25) is 9.59 Å². The normalized spacial score (nSPS) is 27.0. The van der Waals surface area contributed by atoms with E-state index in [9.17, 15) is 19.8 Å². The molecule has 10 heteroatoms. The molecular formula is C42H48N4O6. The van der Waals surface area contributed by atoms with Gasteiger partial charge in [-0.05, 0) is 118 Å². The molecule has 3 aliphatic heterocycles. The molecule has 2 aliphatic carbocycles. The largest absolute Gasteiger partial charge is 0.504 e. The average molecular weight is 705 g/mol. The number of likely N-dealkylation sites (tertiary alicyclic amines) is 1. The first-order valence-corrected chi connectivity index (χ1v) is 18.8. The maximum Gasteiger partial charge on any atom is 0.253 e. The van der Waals surface area contributed by atoms with E-state index in [4.69, 9.17) is 9.47 Å². The molecule has 6 atom stereocenters. The highest BCUT2D eigenvalue weighted by Gasteiger charge is 2.64. The van der Waals surface area contributed by atoms with E-state index in [1.807, 2.05) is 45.0 Å². The van der Waals surface area contributed by atoms with Crippen LogP contribution in [0.25, 0.3) is 5.52 Å². The highest BCUT2D eigenvalue weighted by Crippen LogP contribution is 2.63. The van der Waals surface area contributed by atoms with Crippen LogP contribution in [0.1, 0.15) is 98.7 Å². The molecule has 0 radical (unpaired) electrons. The van der Waals surface area contributed by atoms with Crippen LogP contribution in [0.15, 0.2) is 47.4 Å². The quantitative estimate of drug-likeness (QED) is 0.207. The van der Waals surface area contributed by atoms with Crippen molar-refractivity contribution in [1.82, 2.24) is 19.6 Å². The number of aliphatic hydroxyl groups is 1. The maximum absolute atomic E-state index is 14.1. The molecule has 3 aromatic heterocycles. The number of hydrogen-bond donors (Lipinski definition) is 4. The van der Waals surface area contributed by atoms with Gasteiger partial charge in [-0.15, -0.1) is 0 Å². The SMILES string of the molecule is Cc1cc(C)c(CNC(=O)c2cc3cc(C4CCOCC4)cn3c(C(C)c3cc(O)c4c5c3C[C@@H]3[C@@H]6C=C[C@H](O)[C@H](O4)[C@]56CCN3C)c2C)c(=O)[nH]1. The van der Waals surface area contributed by atoms with Crippen molar-refractivity contribution in [2.45, 2.75) is 95.4 Å². The number of pyridine rings is 2. The van der Waals surface area contributed by atoms with E-state index >= 15 is 0 Å². The third-order valence-corrected chi connectivity index (χ3v) is 13.3. The predicted octanol–water partition coefficient (Wildman–Crippen LogP) is 5.04. The third-order valence-electron chi connectivity index (χ3n) is 13.3. The first kappa shape index (κ1) is 33.5. The molecule has 52 heavy (non-hydrogen) atoms. The van der Waals surface area contributed by atoms with Gasteiger partial charge in [-0.25, -0.2) is 0 Å². The molecule has 1 spiro atoms. The van der Waals surface area contributed by atoms with Gasteiger partial charge in [-0.2, -0.15) is 0 Å². The Labute approximate surface area is 303 Å². The van der Waals surface area contributed by atoms with E-state index in [1.54, 1.807) is 0 Å². The summed E-state index contributed by atoms with van der Waals surface area (Å²) in [6.45, 7) is 10.4. The molecule has 5 aliphatic rings. The lowest BCUT2D eigenvalue weighted by Crippen LogP contribution is -2.64. The number of ether oxygens (including phenoxy) is 2. The number of nitrogens with zero attached hydrogens (tertiary/aromatic N) is 2. The standard InChI is InChI=1S/C42H48N4O6/c1-21-14-22(2)44-41(50)31(21)19-43-40(49)29-16-27-15-26(25-8-12-51-13-9-25)20-46(27)37(24(29)4)23(3)28-18-35(48)38-36-30(28)17-33-32-6-7-34(47)39(52-38)42(32,36)10-11-45(33)5/h6-7,14-16,18,20,23,25,32-34,39,47-48H,8-13,17,19H2,1-5H3,(H,43,49)(H,44,50)/t23?,32-,33+,34-,39-,42-/m0/s1. The number of carbonyl (C=O) groups excluding carboxylic acids is 1. The Hall–Kier alpha value is -4.38. The first-order valence-electron chi connectivity index (χ1n) is 18.8. The van der Waals surface area contributed by atoms with Gasteiger partial charge in [0.2, 0.25) is 0 Å². The maximum atomic E-state index is 14.1. The van der Waals surface area contributed by atoms with Crippen LogP contribution in [0.4, 0.5) is 0 Å². The molecule has 1 amide bonds. The van der Waals surface area contributed by atoms with E-state index in [0.717, 1.165) is 84.6 Å².